The molecule has 6 heteroatoms. The van der Waals surface area contributed by atoms with Crippen LogP contribution < -0.4 is 0 Å². The number of nitrogens with zero attached hydrogens (tertiary/aromatic N) is 1. The molecule has 30 heavy (non-hydrogen) atoms. The van der Waals surface area contributed by atoms with E-state index in [9.17, 15) is 23.1 Å². The maximum Gasteiger partial charge on any atom is 0.386 e. The van der Waals surface area contributed by atoms with Crippen molar-refractivity contribution in [1.29, 1.82) is 0 Å². The van der Waals surface area contributed by atoms with Crippen LogP contribution in [0.4, 0.5) is 13.2 Å². The second-order valence-electron chi connectivity index (χ2n) is 9.23. The van der Waals surface area contributed by atoms with Gasteiger partial charge in [0.05, 0.1) is 6.42 Å². The molecular formula is C24H32F3NO2. The molecule has 0 radical (unpaired) electrons. The lowest BCUT2D eigenvalue weighted by molar-refractivity contribution is -0.137. The van der Waals surface area contributed by atoms with Gasteiger partial charge in [-0.05, 0) is 43.4 Å². The number of carbonyl (C=O) groups is 1. The Hall–Kier alpha value is -2.24. The molecule has 1 aliphatic carbocycles. The number of hydrogen-bond acceptors (Lipinski definition) is 1. The van der Waals surface area contributed by atoms with Crippen LogP contribution in [0, 0.1) is 6.92 Å². The minimum atomic E-state index is -4.00. The molecule has 3 rings (SSSR count). The first-order chi connectivity index (χ1) is 13.8. The van der Waals surface area contributed by atoms with Gasteiger partial charge in [0, 0.05) is 36.2 Å². The molecular weight excluding hydrogens is 391 g/mol. The van der Waals surface area contributed by atoms with Crippen molar-refractivity contribution < 1.29 is 23.1 Å². The van der Waals surface area contributed by atoms with Gasteiger partial charge in [-0.2, -0.15) is 13.2 Å². The van der Waals surface area contributed by atoms with E-state index in [0.29, 0.717) is 0 Å². The van der Waals surface area contributed by atoms with E-state index in [1.165, 1.54) is 28.1 Å². The summed E-state index contributed by atoms with van der Waals surface area (Å²) in [6, 6.07) is 11.0. The lowest BCUT2D eigenvalue weighted by Gasteiger charge is -2.27. The Morgan fingerprint density at radius 3 is 2.20 bits per heavy atom. The highest BCUT2D eigenvalue weighted by Crippen LogP contribution is 2.39. The van der Waals surface area contributed by atoms with E-state index in [0.717, 1.165) is 25.8 Å². The van der Waals surface area contributed by atoms with E-state index in [2.05, 4.69) is 62.6 Å². The van der Waals surface area contributed by atoms with E-state index in [1.54, 1.807) is 0 Å². The zero-order chi connectivity index (χ0) is 22.7. The van der Waals surface area contributed by atoms with Crippen LogP contribution in [0.5, 0.6) is 0 Å². The van der Waals surface area contributed by atoms with Gasteiger partial charge >= 0.3 is 12.1 Å². The van der Waals surface area contributed by atoms with Gasteiger partial charge in [-0.3, -0.25) is 4.79 Å². The van der Waals surface area contributed by atoms with E-state index >= 15 is 0 Å². The zero-order valence-electron chi connectivity index (χ0n) is 18.4. The highest BCUT2D eigenvalue weighted by Gasteiger charge is 2.31. The molecule has 1 heterocycles. The molecule has 0 saturated heterocycles. The highest BCUT2D eigenvalue weighted by molar-refractivity contribution is 5.68. The van der Waals surface area contributed by atoms with Gasteiger partial charge in [0.2, 0.25) is 0 Å². The monoisotopic (exact) mass is 423 g/mol. The Kier molecular flexibility index (Phi) is 7.43. The predicted molar refractivity (Wildman–Crippen MR) is 113 cm³/mol. The van der Waals surface area contributed by atoms with E-state index in [1.807, 2.05) is 0 Å². The summed E-state index contributed by atoms with van der Waals surface area (Å²) in [5.74, 6) is -0.568. The molecule has 0 spiro atoms. The number of aryl methyl sites for hydroxylation is 2. The number of alkyl halides is 3. The topological polar surface area (TPSA) is 42.2 Å². The summed E-state index contributed by atoms with van der Waals surface area (Å²) in [5, 5.41) is 9.36. The van der Waals surface area contributed by atoms with Crippen molar-refractivity contribution in [1.82, 2.24) is 4.57 Å². The first kappa shape index (κ1) is 24.0. The minimum absolute atomic E-state index is 0.0375. The fourth-order valence-electron chi connectivity index (χ4n) is 4.06. The van der Waals surface area contributed by atoms with Crippen LogP contribution in [0.1, 0.15) is 81.0 Å². The predicted octanol–water partition coefficient (Wildman–Crippen LogP) is 6.61. The van der Waals surface area contributed by atoms with Crippen molar-refractivity contribution in [2.75, 3.05) is 0 Å². The molecule has 0 fully saturated rings. The zero-order valence-corrected chi connectivity index (χ0v) is 18.4. The molecule has 0 aliphatic heterocycles. The summed E-state index contributed by atoms with van der Waals surface area (Å²) in [7, 11) is 0. The maximum absolute atomic E-state index is 11.4. The van der Waals surface area contributed by atoms with Crippen LogP contribution >= 0.6 is 0 Å². The Bertz CT molecular complexity index is 852. The van der Waals surface area contributed by atoms with E-state index < -0.39 is 12.1 Å². The Morgan fingerprint density at radius 1 is 1.13 bits per heavy atom. The molecule has 166 valence electrons. The van der Waals surface area contributed by atoms with Gasteiger partial charge in [-0.15, -0.1) is 0 Å². The average Bonchev–Trinajstić information content (AvgIpc) is 2.95. The standard InChI is InChI=1S/C22H29NO2.C2H3F3/c1-15-8-10-16(11-9-15)14-23-19(22(2,3)4)12-17-6-5-7-18(21(17)23)13-20(24)25;1-2(3,4)5/h8-12,18H,5-7,13-14H2,1-4H3,(H,24,25);1H3. The maximum atomic E-state index is 11.4. The van der Waals surface area contributed by atoms with Gasteiger partial charge in [0.1, 0.15) is 0 Å². The molecule has 2 aromatic rings. The number of rotatable bonds is 4. The smallest absolute Gasteiger partial charge is 0.386 e. The normalized spacial score (nSPS) is 16.5. The first-order valence-corrected chi connectivity index (χ1v) is 10.3. The van der Waals surface area contributed by atoms with Crippen LogP contribution in [-0.4, -0.2) is 21.8 Å². The fraction of sp³-hybridized carbons (Fsp3) is 0.542. The van der Waals surface area contributed by atoms with Crippen molar-refractivity contribution in [3.8, 4) is 0 Å². The van der Waals surface area contributed by atoms with Gasteiger partial charge in [0.15, 0.2) is 0 Å². The quantitative estimate of drug-likeness (QED) is 0.601. The molecule has 1 unspecified atom stereocenters. The van der Waals surface area contributed by atoms with E-state index in [4.69, 9.17) is 0 Å². The van der Waals surface area contributed by atoms with Crippen molar-refractivity contribution in [2.45, 2.75) is 84.4 Å². The molecule has 1 atom stereocenters. The molecule has 3 nitrogen and oxygen atoms in total. The summed E-state index contributed by atoms with van der Waals surface area (Å²) in [6.07, 6.45) is -0.645. The number of carboxylic acids is 1. The second-order valence-corrected chi connectivity index (χ2v) is 9.23. The van der Waals surface area contributed by atoms with E-state index in [-0.39, 0.29) is 24.7 Å². The van der Waals surface area contributed by atoms with Crippen LogP contribution in [0.2, 0.25) is 0 Å². The van der Waals surface area contributed by atoms with Crippen LogP contribution in [0.25, 0.3) is 0 Å². The SMILES string of the molecule is CC(F)(F)F.Cc1ccc(Cn2c(C(C)(C)C)cc3c2C(CC(=O)O)CCC3)cc1. The molecule has 1 aromatic carbocycles. The fourth-order valence-corrected chi connectivity index (χ4v) is 4.06. The number of benzene rings is 1. The van der Waals surface area contributed by atoms with Crippen molar-refractivity contribution >= 4 is 5.97 Å². The summed E-state index contributed by atoms with van der Waals surface area (Å²) in [4.78, 5) is 11.4. The van der Waals surface area contributed by atoms with Gasteiger partial charge in [-0.1, -0.05) is 50.6 Å². The molecule has 0 saturated carbocycles. The number of carboxylic acid groups (broad SMARTS) is 1. The molecule has 1 aromatic heterocycles. The summed E-state index contributed by atoms with van der Waals surface area (Å²) in [6.45, 7) is 9.83. The minimum Gasteiger partial charge on any atom is -0.481 e. The number of halogens is 3. The largest absolute Gasteiger partial charge is 0.481 e. The van der Waals surface area contributed by atoms with Gasteiger partial charge in [0.25, 0.3) is 0 Å². The van der Waals surface area contributed by atoms with Crippen LogP contribution in [0.3, 0.4) is 0 Å². The second kappa shape index (κ2) is 9.27. The molecule has 1 N–H and O–H groups in total. The third-order valence-corrected chi connectivity index (χ3v) is 5.26. The van der Waals surface area contributed by atoms with Gasteiger partial charge in [-0.25, -0.2) is 0 Å². The molecule has 0 amide bonds. The number of hydrogen-bond donors (Lipinski definition) is 1. The summed E-state index contributed by atoms with van der Waals surface area (Å²) < 4.78 is 33.5. The number of aromatic nitrogens is 1. The first-order valence-electron chi connectivity index (χ1n) is 10.3. The number of fused-ring (bicyclic) bond motifs is 1. The van der Waals surface area contributed by atoms with Crippen LogP contribution in [-0.2, 0) is 23.2 Å². The van der Waals surface area contributed by atoms with Crippen molar-refractivity contribution in [3.63, 3.8) is 0 Å². The molecule has 1 aliphatic rings. The van der Waals surface area contributed by atoms with Crippen LogP contribution in [0.15, 0.2) is 30.3 Å². The molecule has 0 bridgehead atoms. The third-order valence-electron chi connectivity index (χ3n) is 5.26. The Morgan fingerprint density at radius 2 is 1.70 bits per heavy atom. The number of aliphatic carboxylic acids is 1. The van der Waals surface area contributed by atoms with Crippen molar-refractivity contribution in [3.05, 3.63) is 58.4 Å². The Labute approximate surface area is 176 Å². The lowest BCUT2D eigenvalue weighted by Crippen LogP contribution is -2.22. The summed E-state index contributed by atoms with van der Waals surface area (Å²) in [5.41, 5.74) is 6.51. The summed E-state index contributed by atoms with van der Waals surface area (Å²) >= 11 is 0. The van der Waals surface area contributed by atoms with Gasteiger partial charge < -0.3 is 9.67 Å². The Balaban J connectivity index is 0.000000575. The highest BCUT2D eigenvalue weighted by atomic mass is 19.4. The average molecular weight is 424 g/mol. The van der Waals surface area contributed by atoms with Crippen molar-refractivity contribution in [2.24, 2.45) is 0 Å². The lowest BCUT2D eigenvalue weighted by atomic mass is 9.85. The third kappa shape index (κ3) is 6.92.